The fraction of sp³-hybridized carbons (Fsp3) is 0.200. The molecule has 0 fully saturated rings. The Hall–Kier alpha value is -0.149. The van der Waals surface area contributed by atoms with Gasteiger partial charge < -0.3 is 17.7 Å². The Balaban J connectivity index is 0.00000289. The molecule has 0 heterocycles. The molecule has 0 radical (unpaired) electrons. The van der Waals surface area contributed by atoms with E-state index in [0.29, 0.717) is 0 Å². The van der Waals surface area contributed by atoms with Gasteiger partial charge in [-0.3, -0.25) is 4.79 Å². The molecule has 0 unspecified atom stereocenters. The zero-order valence-electron chi connectivity index (χ0n) is 10.2. The van der Waals surface area contributed by atoms with E-state index in [9.17, 15) is 22.5 Å². The van der Waals surface area contributed by atoms with E-state index < -0.39 is 18.4 Å². The van der Waals surface area contributed by atoms with Crippen LogP contribution in [0.25, 0.3) is 0 Å². The summed E-state index contributed by atoms with van der Waals surface area (Å²) in [5.74, 6) is -0.896. The Morgan fingerprint density at radius 1 is 1.33 bits per heavy atom. The van der Waals surface area contributed by atoms with Gasteiger partial charge in [0.25, 0.3) is 0 Å². The smallest absolute Gasteiger partial charge is 0.465 e. The molecule has 8 heteroatoms. The molecule has 0 spiro atoms. The number of rotatable bonds is 3. The van der Waals surface area contributed by atoms with Gasteiger partial charge in [-0.15, -0.1) is 5.46 Å². The van der Waals surface area contributed by atoms with E-state index in [1.165, 1.54) is 6.92 Å². The third kappa shape index (κ3) is 3.92. The van der Waals surface area contributed by atoms with Crippen molar-refractivity contribution in [2.24, 2.45) is 0 Å². The Kier molecular flexibility index (Phi) is 6.80. The van der Waals surface area contributed by atoms with Crippen LogP contribution in [0.15, 0.2) is 12.1 Å². The molecule has 0 saturated heterocycles. The molecule has 1 rings (SSSR count). The Morgan fingerprint density at radius 3 is 2.28 bits per heavy atom. The largest absolute Gasteiger partial charge is 1.00 e. The van der Waals surface area contributed by atoms with Crippen molar-refractivity contribution in [3.63, 3.8) is 0 Å². The molecule has 1 aromatic carbocycles. The van der Waals surface area contributed by atoms with Crippen molar-refractivity contribution in [2.45, 2.75) is 6.92 Å². The Morgan fingerprint density at radius 2 is 1.89 bits per heavy atom. The maximum Gasteiger partial charge on any atom is 1.00 e. The van der Waals surface area contributed by atoms with Gasteiger partial charge in [-0.2, -0.15) is 0 Å². The van der Waals surface area contributed by atoms with Gasteiger partial charge in [-0.25, -0.2) is 4.79 Å². The molecule has 0 atom stereocenters. The topological polar surface area (TPSA) is 43.4 Å². The quantitative estimate of drug-likeness (QED) is 0.392. The Bertz CT molecular complexity index is 474. The van der Waals surface area contributed by atoms with Gasteiger partial charge in [-0.05, 0) is 13.0 Å². The van der Waals surface area contributed by atoms with Crippen LogP contribution in [0.1, 0.15) is 26.3 Å². The number of methoxy groups -OCH3 is 1. The van der Waals surface area contributed by atoms with Gasteiger partial charge >= 0.3 is 64.3 Å². The van der Waals surface area contributed by atoms with Gasteiger partial charge in [0, 0.05) is 5.56 Å². The normalized spacial score (nSPS) is 10.5. The van der Waals surface area contributed by atoms with Gasteiger partial charge in [0.05, 0.1) is 12.7 Å². The van der Waals surface area contributed by atoms with Crippen LogP contribution in [0.3, 0.4) is 0 Å². The molecule has 0 aliphatic heterocycles. The first-order valence-corrected chi connectivity index (χ1v) is 4.69. The van der Waals surface area contributed by atoms with E-state index in [1.807, 2.05) is 0 Å². The van der Waals surface area contributed by atoms with E-state index >= 15 is 0 Å². The minimum atomic E-state index is -5.28. The molecule has 0 amide bonds. The van der Waals surface area contributed by atoms with E-state index in [0.717, 1.165) is 19.2 Å². The molecule has 0 aromatic heterocycles. The van der Waals surface area contributed by atoms with Crippen molar-refractivity contribution in [3.8, 4) is 0 Å². The van der Waals surface area contributed by atoms with Crippen molar-refractivity contribution in [1.29, 1.82) is 0 Å². The molecule has 1 aromatic rings. The summed E-state index contributed by atoms with van der Waals surface area (Å²) in [6.45, 7) is -4.11. The molecule has 0 bridgehead atoms. The number of halogens is 3. The first-order valence-electron chi connectivity index (χ1n) is 4.69. The van der Waals surface area contributed by atoms with Crippen LogP contribution < -0.4 is 56.8 Å². The van der Waals surface area contributed by atoms with Crippen LogP contribution in [-0.4, -0.2) is 26.3 Å². The first-order chi connectivity index (χ1) is 7.81. The number of hydrogen-bond donors (Lipinski definition) is 0. The summed E-state index contributed by atoms with van der Waals surface area (Å²) in [5, 5.41) is 0. The standard InChI is InChI=1S/C10H9BF3O3.K/c1-6-8(10(16)17-2)3-7(5-15)4-9(6)11(12,13)14;/h3-5H,1-2H3;/q-1;+1. The molecule has 0 aliphatic rings. The van der Waals surface area contributed by atoms with E-state index in [4.69, 9.17) is 0 Å². The van der Waals surface area contributed by atoms with E-state index in [-0.39, 0.29) is 74.4 Å². The predicted molar refractivity (Wildman–Crippen MR) is 56.6 cm³/mol. The van der Waals surface area contributed by atoms with Gasteiger partial charge in [0.15, 0.2) is 0 Å². The molecular formula is C10H9BF3KO3. The van der Waals surface area contributed by atoms with Crippen LogP contribution in [0.4, 0.5) is 12.9 Å². The fourth-order valence-electron chi connectivity index (χ4n) is 1.49. The molecule has 18 heavy (non-hydrogen) atoms. The number of esters is 1. The number of aldehydes is 1. The van der Waals surface area contributed by atoms with Crippen molar-refractivity contribution in [1.82, 2.24) is 0 Å². The minimum absolute atomic E-state index is 0. The second-order valence-electron chi connectivity index (χ2n) is 3.47. The number of hydrogen-bond acceptors (Lipinski definition) is 3. The summed E-state index contributed by atoms with van der Waals surface area (Å²) in [6, 6.07) is 1.81. The second kappa shape index (κ2) is 6.86. The molecular weight excluding hydrogens is 275 g/mol. The van der Waals surface area contributed by atoms with E-state index in [2.05, 4.69) is 4.74 Å². The maximum atomic E-state index is 12.7. The Labute approximate surface area is 145 Å². The number of ether oxygens (including phenoxy) is 1. The van der Waals surface area contributed by atoms with Crippen LogP contribution in [0.5, 0.6) is 0 Å². The van der Waals surface area contributed by atoms with Crippen LogP contribution in [0, 0.1) is 6.92 Å². The summed E-state index contributed by atoms with van der Waals surface area (Å²) in [7, 11) is 1.06. The van der Waals surface area contributed by atoms with Crippen LogP contribution in [0.2, 0.25) is 0 Å². The average Bonchev–Trinajstić information content (AvgIpc) is 2.26. The van der Waals surface area contributed by atoms with Crippen LogP contribution >= 0.6 is 0 Å². The van der Waals surface area contributed by atoms with Gasteiger partial charge in [0.2, 0.25) is 0 Å². The SMILES string of the molecule is COC(=O)c1cc(C=O)cc([B-](F)(F)F)c1C.[K+]. The summed E-state index contributed by atoms with van der Waals surface area (Å²) in [5.41, 5.74) is -1.62. The zero-order chi connectivity index (χ0) is 13.2. The monoisotopic (exact) mass is 284 g/mol. The van der Waals surface area contributed by atoms with Crippen LogP contribution in [-0.2, 0) is 4.74 Å². The molecule has 92 valence electrons. The zero-order valence-corrected chi connectivity index (χ0v) is 13.3. The fourth-order valence-corrected chi connectivity index (χ4v) is 1.49. The summed E-state index contributed by atoms with van der Waals surface area (Å²) in [4.78, 5) is 21.8. The minimum Gasteiger partial charge on any atom is -0.465 e. The molecule has 0 aliphatic carbocycles. The first kappa shape index (κ1) is 17.9. The van der Waals surface area contributed by atoms with Crippen molar-refractivity contribution < 1.29 is 78.7 Å². The molecule has 0 N–H and O–H groups in total. The third-order valence-electron chi connectivity index (χ3n) is 2.36. The van der Waals surface area contributed by atoms with Crippen molar-refractivity contribution in [3.05, 3.63) is 28.8 Å². The summed E-state index contributed by atoms with van der Waals surface area (Å²) < 4.78 is 42.5. The predicted octanol–water partition coefficient (Wildman–Crippen LogP) is -1.35. The summed E-state index contributed by atoms with van der Waals surface area (Å²) >= 11 is 0. The second-order valence-corrected chi connectivity index (χ2v) is 3.47. The van der Waals surface area contributed by atoms with E-state index in [1.54, 1.807) is 0 Å². The maximum absolute atomic E-state index is 12.7. The molecule has 0 saturated carbocycles. The molecule has 3 nitrogen and oxygen atoms in total. The average molecular weight is 284 g/mol. The number of benzene rings is 1. The third-order valence-corrected chi connectivity index (χ3v) is 2.36. The van der Waals surface area contributed by atoms with Gasteiger partial charge in [-0.1, -0.05) is 11.6 Å². The van der Waals surface area contributed by atoms with Crippen molar-refractivity contribution in [2.75, 3.05) is 7.11 Å². The number of carbonyl (C=O) groups is 2. The van der Waals surface area contributed by atoms with Gasteiger partial charge in [0.1, 0.15) is 6.29 Å². The van der Waals surface area contributed by atoms with Crippen molar-refractivity contribution >= 4 is 24.7 Å². The summed E-state index contributed by atoms with van der Waals surface area (Å²) in [6.07, 6.45) is 0.261. The number of carbonyl (C=O) groups excluding carboxylic acids is 2.